The van der Waals surface area contributed by atoms with Gasteiger partial charge in [-0.15, -0.1) is 0 Å². The molecule has 0 unspecified atom stereocenters. The molecule has 0 spiro atoms. The lowest BCUT2D eigenvalue weighted by molar-refractivity contribution is 0.0913. The van der Waals surface area contributed by atoms with Crippen LogP contribution in [-0.2, 0) is 16.4 Å². The number of carbonyl (C=O) groups excluding carboxylic acids is 1. The summed E-state index contributed by atoms with van der Waals surface area (Å²) in [4.78, 5) is 16.3. The van der Waals surface area contributed by atoms with E-state index in [0.717, 1.165) is 54.3 Å². The molecule has 4 rings (SSSR count). The third kappa shape index (κ3) is 2.99. The molecule has 2 aromatic rings. The number of aryl methyl sites for hydroxylation is 1. The van der Waals surface area contributed by atoms with Crippen molar-refractivity contribution in [1.29, 1.82) is 0 Å². The van der Waals surface area contributed by atoms with Crippen LogP contribution in [0.2, 0.25) is 0 Å². The molecule has 1 fully saturated rings. The topological polar surface area (TPSA) is 79.0 Å². The molecular weight excluding hydrogens is 348 g/mol. The van der Waals surface area contributed by atoms with Gasteiger partial charge in [0.25, 0.3) is 0 Å². The lowest BCUT2D eigenvalue weighted by atomic mass is 9.76. The highest BCUT2D eigenvalue weighted by Crippen LogP contribution is 2.39. The van der Waals surface area contributed by atoms with Gasteiger partial charge in [-0.1, -0.05) is 26.7 Å². The summed E-state index contributed by atoms with van der Waals surface area (Å²) in [5, 5.41) is 0.845. The van der Waals surface area contributed by atoms with E-state index in [-0.39, 0.29) is 17.2 Å². The summed E-state index contributed by atoms with van der Waals surface area (Å²) in [5.41, 5.74) is 3.02. The molecule has 2 aliphatic carbocycles. The summed E-state index contributed by atoms with van der Waals surface area (Å²) in [6.45, 7) is 5.98. The number of fused-ring (bicyclic) bond motifs is 3. The normalized spacial score (nSPS) is 20.7. The van der Waals surface area contributed by atoms with E-state index in [1.807, 2.05) is 6.07 Å². The van der Waals surface area contributed by atoms with E-state index >= 15 is 0 Å². The Hall–Kier alpha value is -1.66. The van der Waals surface area contributed by atoms with Crippen molar-refractivity contribution in [2.45, 2.75) is 70.2 Å². The molecule has 2 N–H and O–H groups in total. The number of nitrogens with one attached hydrogen (secondary N) is 2. The van der Waals surface area contributed by atoms with E-state index < -0.39 is 10.0 Å². The van der Waals surface area contributed by atoms with Gasteiger partial charge in [0, 0.05) is 34.6 Å². The lowest BCUT2D eigenvalue weighted by Crippen LogP contribution is -2.33. The fourth-order valence-electron chi connectivity index (χ4n) is 4.52. The van der Waals surface area contributed by atoms with Crippen LogP contribution in [0.25, 0.3) is 10.9 Å². The number of benzene rings is 1. The molecule has 1 saturated carbocycles. The lowest BCUT2D eigenvalue weighted by Gasteiger charge is -2.28. The average Bonchev–Trinajstić information content (AvgIpc) is 3.11. The number of carbonyl (C=O) groups is 1. The number of hydrogen-bond donors (Lipinski definition) is 2. The van der Waals surface area contributed by atoms with Gasteiger partial charge in [-0.05, 0) is 49.3 Å². The summed E-state index contributed by atoms with van der Waals surface area (Å²) >= 11 is 0. The van der Waals surface area contributed by atoms with E-state index in [9.17, 15) is 13.2 Å². The first-order chi connectivity index (χ1) is 12.2. The van der Waals surface area contributed by atoms with Gasteiger partial charge >= 0.3 is 0 Å². The minimum absolute atomic E-state index is 0.0364. The van der Waals surface area contributed by atoms with Crippen LogP contribution in [0.3, 0.4) is 0 Å². The van der Waals surface area contributed by atoms with Crippen LogP contribution in [0, 0.1) is 12.3 Å². The van der Waals surface area contributed by atoms with Crippen LogP contribution in [0.4, 0.5) is 0 Å². The van der Waals surface area contributed by atoms with Gasteiger partial charge in [-0.25, -0.2) is 13.1 Å². The van der Waals surface area contributed by atoms with E-state index in [0.29, 0.717) is 16.9 Å². The zero-order chi connectivity index (χ0) is 18.7. The van der Waals surface area contributed by atoms with Crippen LogP contribution in [0.1, 0.15) is 67.6 Å². The number of Topliss-reactive ketones (excluding diaryl/α,β-unsaturated/α-hetero) is 1. The Balaban J connectivity index is 1.79. The molecule has 140 valence electrons. The van der Waals surface area contributed by atoms with E-state index in [4.69, 9.17) is 0 Å². The second-order valence-electron chi connectivity index (χ2n) is 8.69. The highest BCUT2D eigenvalue weighted by molar-refractivity contribution is 7.89. The molecule has 0 atom stereocenters. The quantitative estimate of drug-likeness (QED) is 0.856. The van der Waals surface area contributed by atoms with Crippen LogP contribution < -0.4 is 4.72 Å². The maximum Gasteiger partial charge on any atom is 0.241 e. The first kappa shape index (κ1) is 17.7. The standard InChI is InChI=1S/C20H26N2O3S/c1-12-8-14-15(21-16-10-20(2,3)11-17(23)19(14)16)9-18(12)26(24,25)22-13-6-4-5-7-13/h8-9,13,21-22H,4-7,10-11H2,1-3H3. The molecule has 0 radical (unpaired) electrons. The number of hydrogen-bond acceptors (Lipinski definition) is 3. The molecule has 0 aliphatic heterocycles. The van der Waals surface area contributed by atoms with Gasteiger partial charge in [0.1, 0.15) is 0 Å². The number of aromatic nitrogens is 1. The molecule has 1 heterocycles. The molecule has 1 aromatic carbocycles. The summed E-state index contributed by atoms with van der Waals surface area (Å²) in [6.07, 6.45) is 5.28. The molecule has 1 aromatic heterocycles. The van der Waals surface area contributed by atoms with E-state index in [1.54, 1.807) is 13.0 Å². The number of sulfonamides is 1. The number of H-pyrrole nitrogens is 1. The average molecular weight is 375 g/mol. The van der Waals surface area contributed by atoms with Crippen molar-refractivity contribution in [2.75, 3.05) is 0 Å². The van der Waals surface area contributed by atoms with Crippen LogP contribution in [0.15, 0.2) is 17.0 Å². The summed E-state index contributed by atoms with van der Waals surface area (Å²) in [6, 6.07) is 3.58. The van der Waals surface area contributed by atoms with Crippen molar-refractivity contribution in [1.82, 2.24) is 9.71 Å². The molecule has 0 bridgehead atoms. The van der Waals surface area contributed by atoms with Gasteiger partial charge in [0.15, 0.2) is 5.78 Å². The Morgan fingerprint density at radius 2 is 1.85 bits per heavy atom. The van der Waals surface area contributed by atoms with Crippen molar-refractivity contribution in [3.8, 4) is 0 Å². The Kier molecular flexibility index (Phi) is 4.04. The highest BCUT2D eigenvalue weighted by atomic mass is 32.2. The van der Waals surface area contributed by atoms with Gasteiger partial charge < -0.3 is 4.98 Å². The monoisotopic (exact) mass is 374 g/mol. The Morgan fingerprint density at radius 1 is 1.15 bits per heavy atom. The molecule has 2 aliphatic rings. The third-order valence-electron chi connectivity index (χ3n) is 5.71. The maximum atomic E-state index is 12.9. The van der Waals surface area contributed by atoms with Gasteiger partial charge in [0.2, 0.25) is 10.0 Å². The van der Waals surface area contributed by atoms with Crippen LogP contribution in [0.5, 0.6) is 0 Å². The SMILES string of the molecule is Cc1cc2c3c([nH]c2cc1S(=O)(=O)NC1CCCC1)CC(C)(C)CC3=O. The first-order valence-corrected chi connectivity index (χ1v) is 10.9. The number of ketones is 1. The number of rotatable bonds is 3. The van der Waals surface area contributed by atoms with Crippen LogP contribution in [-0.4, -0.2) is 25.2 Å². The molecule has 6 heteroatoms. The summed E-state index contributed by atoms with van der Waals surface area (Å²) in [7, 11) is -3.56. The summed E-state index contributed by atoms with van der Waals surface area (Å²) < 4.78 is 28.6. The van der Waals surface area contributed by atoms with Crippen LogP contribution >= 0.6 is 0 Å². The fraction of sp³-hybridized carbons (Fsp3) is 0.550. The Bertz CT molecular complexity index is 996. The van der Waals surface area contributed by atoms with Crippen molar-refractivity contribution >= 4 is 26.7 Å². The molecule has 5 nitrogen and oxygen atoms in total. The zero-order valence-electron chi connectivity index (χ0n) is 15.6. The Labute approximate surface area is 154 Å². The predicted molar refractivity (Wildman–Crippen MR) is 102 cm³/mol. The predicted octanol–water partition coefficient (Wildman–Crippen LogP) is 3.85. The van der Waals surface area contributed by atoms with E-state index in [2.05, 4.69) is 23.6 Å². The molecule has 26 heavy (non-hydrogen) atoms. The molecule has 0 amide bonds. The van der Waals surface area contributed by atoms with Gasteiger partial charge in [-0.3, -0.25) is 4.79 Å². The molecule has 0 saturated heterocycles. The first-order valence-electron chi connectivity index (χ1n) is 9.37. The van der Waals surface area contributed by atoms with Gasteiger partial charge in [0.05, 0.1) is 4.90 Å². The molecular formula is C20H26N2O3S. The second kappa shape index (κ2) is 5.92. The maximum absolute atomic E-state index is 12.9. The van der Waals surface area contributed by atoms with Crippen molar-refractivity contribution in [2.24, 2.45) is 5.41 Å². The fourth-order valence-corrected chi connectivity index (χ4v) is 6.07. The highest BCUT2D eigenvalue weighted by Gasteiger charge is 2.34. The number of aromatic amines is 1. The second-order valence-corrected chi connectivity index (χ2v) is 10.4. The third-order valence-corrected chi connectivity index (χ3v) is 7.37. The van der Waals surface area contributed by atoms with Crippen molar-refractivity contribution in [3.05, 3.63) is 29.0 Å². The minimum atomic E-state index is -3.56. The summed E-state index contributed by atoms with van der Waals surface area (Å²) in [5.74, 6) is 0.140. The minimum Gasteiger partial charge on any atom is -0.358 e. The van der Waals surface area contributed by atoms with Gasteiger partial charge in [-0.2, -0.15) is 0 Å². The zero-order valence-corrected chi connectivity index (χ0v) is 16.4. The van der Waals surface area contributed by atoms with Crippen molar-refractivity contribution in [3.63, 3.8) is 0 Å². The van der Waals surface area contributed by atoms with Crippen molar-refractivity contribution < 1.29 is 13.2 Å². The smallest absolute Gasteiger partial charge is 0.241 e. The van der Waals surface area contributed by atoms with E-state index in [1.165, 1.54) is 0 Å². The Morgan fingerprint density at radius 3 is 2.54 bits per heavy atom. The largest absolute Gasteiger partial charge is 0.358 e.